The molecule has 0 radical (unpaired) electrons. The maximum atomic E-state index is 5.68. The molecular weight excluding hydrogens is 342 g/mol. The zero-order valence-electron chi connectivity index (χ0n) is 16.1. The van der Waals surface area contributed by atoms with Crippen LogP contribution in [0.5, 0.6) is 17.2 Å². The van der Waals surface area contributed by atoms with Gasteiger partial charge in [-0.1, -0.05) is 36.9 Å². The number of aliphatic imine (C=N–C) groups is 1. The topological polar surface area (TPSA) is 64.1 Å². The molecule has 0 atom stereocenters. The van der Waals surface area contributed by atoms with Gasteiger partial charge >= 0.3 is 0 Å². The molecule has 0 unspecified atom stereocenters. The molecule has 2 aromatic rings. The lowest BCUT2D eigenvalue weighted by Gasteiger charge is -2.15. The molecule has 0 heterocycles. The van der Waals surface area contributed by atoms with Crippen LogP contribution in [0.1, 0.15) is 11.1 Å². The van der Waals surface area contributed by atoms with Crippen LogP contribution in [0.25, 0.3) is 0 Å². The van der Waals surface area contributed by atoms with Gasteiger partial charge in [0.15, 0.2) is 17.5 Å². The summed E-state index contributed by atoms with van der Waals surface area (Å²) in [5.74, 6) is 2.94. The zero-order chi connectivity index (χ0) is 19.5. The van der Waals surface area contributed by atoms with E-state index in [1.54, 1.807) is 27.3 Å². The Morgan fingerprint density at radius 1 is 1.00 bits per heavy atom. The second kappa shape index (κ2) is 10.8. The Morgan fingerprint density at radius 3 is 2.44 bits per heavy atom. The number of benzene rings is 2. The zero-order valence-corrected chi connectivity index (χ0v) is 16.1. The van der Waals surface area contributed by atoms with Crippen molar-refractivity contribution in [1.82, 2.24) is 10.6 Å². The van der Waals surface area contributed by atoms with Crippen molar-refractivity contribution in [2.45, 2.75) is 13.1 Å². The highest BCUT2D eigenvalue weighted by Gasteiger charge is 2.07. The lowest BCUT2D eigenvalue weighted by Crippen LogP contribution is -2.36. The molecule has 2 aromatic carbocycles. The first kappa shape index (κ1) is 20.2. The molecule has 0 aliphatic heterocycles. The Morgan fingerprint density at radius 2 is 1.74 bits per heavy atom. The minimum atomic E-state index is 0.475. The Hall–Kier alpha value is -3.15. The maximum absolute atomic E-state index is 5.68. The number of guanidine groups is 1. The number of ether oxygens (including phenoxy) is 3. The summed E-state index contributed by atoms with van der Waals surface area (Å²) in [6, 6.07) is 13.7. The molecule has 144 valence electrons. The van der Waals surface area contributed by atoms with E-state index in [0.717, 1.165) is 16.9 Å². The van der Waals surface area contributed by atoms with Crippen LogP contribution in [0.3, 0.4) is 0 Å². The first-order chi connectivity index (χ1) is 13.2. The summed E-state index contributed by atoms with van der Waals surface area (Å²) >= 11 is 0. The van der Waals surface area contributed by atoms with E-state index in [1.807, 2.05) is 42.5 Å². The van der Waals surface area contributed by atoms with Crippen molar-refractivity contribution in [2.75, 3.05) is 27.9 Å². The molecule has 27 heavy (non-hydrogen) atoms. The van der Waals surface area contributed by atoms with Gasteiger partial charge in [0, 0.05) is 25.7 Å². The number of para-hydroxylation sites is 1. The van der Waals surface area contributed by atoms with Crippen LogP contribution in [-0.2, 0) is 13.1 Å². The molecular formula is C21H27N3O3. The molecule has 0 amide bonds. The first-order valence-electron chi connectivity index (χ1n) is 8.68. The second-order valence-corrected chi connectivity index (χ2v) is 5.68. The highest BCUT2D eigenvalue weighted by Crippen LogP contribution is 2.27. The van der Waals surface area contributed by atoms with Gasteiger partial charge in [-0.15, -0.1) is 0 Å². The molecule has 6 nitrogen and oxygen atoms in total. The lowest BCUT2D eigenvalue weighted by atomic mass is 10.2. The van der Waals surface area contributed by atoms with Crippen LogP contribution < -0.4 is 24.8 Å². The monoisotopic (exact) mass is 369 g/mol. The van der Waals surface area contributed by atoms with E-state index in [2.05, 4.69) is 22.2 Å². The highest BCUT2D eigenvalue weighted by molar-refractivity contribution is 5.79. The van der Waals surface area contributed by atoms with E-state index in [9.17, 15) is 0 Å². The summed E-state index contributed by atoms with van der Waals surface area (Å²) < 4.78 is 16.3. The van der Waals surface area contributed by atoms with Crippen LogP contribution in [0.4, 0.5) is 0 Å². The van der Waals surface area contributed by atoms with E-state index in [-0.39, 0.29) is 0 Å². The van der Waals surface area contributed by atoms with Crippen molar-refractivity contribution >= 4 is 5.96 Å². The standard InChI is InChI=1S/C21H27N3O3/c1-5-12-27-18-9-7-6-8-17(18)15-24-21(22-2)23-14-16-10-11-19(25-3)20(13-16)26-4/h5-11,13H,1,12,14-15H2,2-4H3,(H2,22,23,24). The Kier molecular flexibility index (Phi) is 8.03. The SMILES string of the molecule is C=CCOc1ccccc1CNC(=NC)NCc1ccc(OC)c(OC)c1. The number of hydrogen-bond donors (Lipinski definition) is 2. The first-order valence-corrected chi connectivity index (χ1v) is 8.68. The molecule has 2 rings (SSSR count). The Bertz CT molecular complexity index is 775. The molecule has 0 bridgehead atoms. The summed E-state index contributed by atoms with van der Waals surface area (Å²) in [6.45, 7) is 5.36. The summed E-state index contributed by atoms with van der Waals surface area (Å²) in [7, 11) is 4.99. The third-order valence-corrected chi connectivity index (χ3v) is 3.91. The summed E-state index contributed by atoms with van der Waals surface area (Å²) in [4.78, 5) is 4.27. The highest BCUT2D eigenvalue weighted by atomic mass is 16.5. The smallest absolute Gasteiger partial charge is 0.191 e. The normalized spacial score (nSPS) is 10.9. The minimum absolute atomic E-state index is 0.475. The average molecular weight is 369 g/mol. The van der Waals surface area contributed by atoms with Crippen molar-refractivity contribution < 1.29 is 14.2 Å². The Balaban J connectivity index is 1.94. The second-order valence-electron chi connectivity index (χ2n) is 5.68. The van der Waals surface area contributed by atoms with Gasteiger partial charge in [-0.05, 0) is 23.8 Å². The van der Waals surface area contributed by atoms with Crippen LogP contribution in [0.2, 0.25) is 0 Å². The molecule has 2 N–H and O–H groups in total. The van der Waals surface area contributed by atoms with Crippen LogP contribution in [0, 0.1) is 0 Å². The average Bonchev–Trinajstić information content (AvgIpc) is 2.72. The molecule has 0 saturated carbocycles. The van der Waals surface area contributed by atoms with Crippen molar-refractivity contribution in [1.29, 1.82) is 0 Å². The van der Waals surface area contributed by atoms with Gasteiger partial charge in [-0.25, -0.2) is 0 Å². The lowest BCUT2D eigenvalue weighted by molar-refractivity contribution is 0.354. The predicted octanol–water partition coefficient (Wildman–Crippen LogP) is 3.13. The quantitative estimate of drug-likeness (QED) is 0.404. The third-order valence-electron chi connectivity index (χ3n) is 3.91. The van der Waals surface area contributed by atoms with Gasteiger partial charge in [0.2, 0.25) is 0 Å². The van der Waals surface area contributed by atoms with E-state index in [1.165, 1.54) is 0 Å². The largest absolute Gasteiger partial charge is 0.493 e. The molecule has 0 aromatic heterocycles. The summed E-state index contributed by atoms with van der Waals surface area (Å²) in [5, 5.41) is 6.59. The van der Waals surface area contributed by atoms with E-state index >= 15 is 0 Å². The van der Waals surface area contributed by atoms with E-state index in [4.69, 9.17) is 14.2 Å². The Labute approximate surface area is 160 Å². The number of rotatable bonds is 9. The molecule has 0 fully saturated rings. The fourth-order valence-corrected chi connectivity index (χ4v) is 2.52. The van der Waals surface area contributed by atoms with Gasteiger partial charge in [-0.2, -0.15) is 0 Å². The number of nitrogens with one attached hydrogen (secondary N) is 2. The van der Waals surface area contributed by atoms with Crippen molar-refractivity contribution in [3.63, 3.8) is 0 Å². The summed E-state index contributed by atoms with van der Waals surface area (Å²) in [6.07, 6.45) is 1.73. The number of hydrogen-bond acceptors (Lipinski definition) is 4. The van der Waals surface area contributed by atoms with Gasteiger partial charge < -0.3 is 24.8 Å². The molecule has 0 aliphatic rings. The van der Waals surface area contributed by atoms with Crippen LogP contribution in [0.15, 0.2) is 60.1 Å². The van der Waals surface area contributed by atoms with Crippen LogP contribution in [-0.4, -0.2) is 33.8 Å². The predicted molar refractivity (Wildman–Crippen MR) is 109 cm³/mol. The minimum Gasteiger partial charge on any atom is -0.493 e. The van der Waals surface area contributed by atoms with E-state index in [0.29, 0.717) is 37.2 Å². The fraction of sp³-hybridized carbons (Fsp3) is 0.286. The van der Waals surface area contributed by atoms with Gasteiger partial charge in [-0.3, -0.25) is 4.99 Å². The van der Waals surface area contributed by atoms with Crippen molar-refractivity contribution in [3.05, 3.63) is 66.2 Å². The third kappa shape index (κ3) is 5.95. The van der Waals surface area contributed by atoms with Gasteiger partial charge in [0.05, 0.1) is 14.2 Å². The number of nitrogens with zero attached hydrogens (tertiary/aromatic N) is 1. The molecule has 0 spiro atoms. The van der Waals surface area contributed by atoms with Crippen molar-refractivity contribution in [3.8, 4) is 17.2 Å². The maximum Gasteiger partial charge on any atom is 0.191 e. The molecule has 0 saturated heterocycles. The summed E-state index contributed by atoms with van der Waals surface area (Å²) in [5.41, 5.74) is 2.11. The van der Waals surface area contributed by atoms with Gasteiger partial charge in [0.25, 0.3) is 0 Å². The van der Waals surface area contributed by atoms with E-state index < -0.39 is 0 Å². The number of methoxy groups -OCH3 is 2. The van der Waals surface area contributed by atoms with Gasteiger partial charge in [0.1, 0.15) is 12.4 Å². The van der Waals surface area contributed by atoms with Crippen LogP contribution >= 0.6 is 0 Å². The van der Waals surface area contributed by atoms with Crippen molar-refractivity contribution in [2.24, 2.45) is 4.99 Å². The molecule has 0 aliphatic carbocycles. The fourth-order valence-electron chi connectivity index (χ4n) is 2.52. The molecule has 6 heteroatoms.